The standard InChI is InChI=1S/C15H30N2/c1-13(2)9-16-7-5-15(11-16)6-8-17(12-15)10-14(3)4/h13-14H,5-12H2,1-4H3. The number of hydrogen-bond acceptors (Lipinski definition) is 2. The molecular weight excluding hydrogens is 208 g/mol. The van der Waals surface area contributed by atoms with Crippen LogP contribution in [0.15, 0.2) is 0 Å². The van der Waals surface area contributed by atoms with Crippen molar-refractivity contribution in [2.75, 3.05) is 39.3 Å². The van der Waals surface area contributed by atoms with Gasteiger partial charge in [-0.3, -0.25) is 0 Å². The fourth-order valence-corrected chi connectivity index (χ4v) is 3.73. The summed E-state index contributed by atoms with van der Waals surface area (Å²) >= 11 is 0. The lowest BCUT2D eigenvalue weighted by molar-refractivity contribution is 0.220. The highest BCUT2D eigenvalue weighted by molar-refractivity contribution is 4.97. The Balaban J connectivity index is 1.83. The molecule has 0 unspecified atom stereocenters. The molecule has 2 saturated heterocycles. The highest BCUT2D eigenvalue weighted by Gasteiger charge is 2.43. The molecule has 0 aliphatic carbocycles. The maximum atomic E-state index is 2.70. The molecule has 2 rings (SSSR count). The Morgan fingerprint density at radius 3 is 1.59 bits per heavy atom. The van der Waals surface area contributed by atoms with Gasteiger partial charge in [0.15, 0.2) is 0 Å². The van der Waals surface area contributed by atoms with Crippen LogP contribution in [0.3, 0.4) is 0 Å². The predicted octanol–water partition coefficient (Wildman–Crippen LogP) is 2.70. The van der Waals surface area contributed by atoms with Crippen LogP contribution in [0.1, 0.15) is 40.5 Å². The Labute approximate surface area is 107 Å². The summed E-state index contributed by atoms with van der Waals surface area (Å²) in [5, 5.41) is 0. The summed E-state index contributed by atoms with van der Waals surface area (Å²) in [5.41, 5.74) is 0.657. The minimum atomic E-state index is 0.657. The molecule has 2 heteroatoms. The lowest BCUT2D eigenvalue weighted by Crippen LogP contribution is -2.33. The van der Waals surface area contributed by atoms with E-state index in [1.54, 1.807) is 0 Å². The van der Waals surface area contributed by atoms with Crippen molar-refractivity contribution >= 4 is 0 Å². The molecule has 2 heterocycles. The van der Waals surface area contributed by atoms with Crippen LogP contribution in [0.2, 0.25) is 0 Å². The number of hydrogen-bond donors (Lipinski definition) is 0. The molecule has 2 nitrogen and oxygen atoms in total. The molecule has 2 fully saturated rings. The molecule has 0 aromatic rings. The fraction of sp³-hybridized carbons (Fsp3) is 1.00. The number of nitrogens with zero attached hydrogens (tertiary/aromatic N) is 2. The second kappa shape index (κ2) is 5.27. The highest BCUT2D eigenvalue weighted by Crippen LogP contribution is 2.39. The maximum absolute atomic E-state index is 2.70. The van der Waals surface area contributed by atoms with E-state index in [4.69, 9.17) is 0 Å². The van der Waals surface area contributed by atoms with Gasteiger partial charge in [0.2, 0.25) is 0 Å². The van der Waals surface area contributed by atoms with Gasteiger partial charge in [0.25, 0.3) is 0 Å². The molecule has 0 aromatic heterocycles. The van der Waals surface area contributed by atoms with Crippen molar-refractivity contribution < 1.29 is 0 Å². The van der Waals surface area contributed by atoms with Crippen LogP contribution in [0, 0.1) is 17.3 Å². The van der Waals surface area contributed by atoms with E-state index < -0.39 is 0 Å². The van der Waals surface area contributed by atoms with Crippen molar-refractivity contribution in [3.05, 3.63) is 0 Å². The van der Waals surface area contributed by atoms with E-state index in [9.17, 15) is 0 Å². The molecule has 0 radical (unpaired) electrons. The first-order valence-electron chi connectivity index (χ1n) is 7.44. The number of rotatable bonds is 4. The first kappa shape index (κ1) is 13.4. The van der Waals surface area contributed by atoms with Gasteiger partial charge in [0.1, 0.15) is 0 Å². The minimum absolute atomic E-state index is 0.657. The van der Waals surface area contributed by atoms with Gasteiger partial charge in [-0.2, -0.15) is 0 Å². The average molecular weight is 238 g/mol. The van der Waals surface area contributed by atoms with Gasteiger partial charge in [0.05, 0.1) is 0 Å². The van der Waals surface area contributed by atoms with Gasteiger partial charge >= 0.3 is 0 Å². The van der Waals surface area contributed by atoms with E-state index in [0.717, 1.165) is 11.8 Å². The molecule has 1 spiro atoms. The molecule has 0 saturated carbocycles. The van der Waals surface area contributed by atoms with Crippen LogP contribution < -0.4 is 0 Å². The van der Waals surface area contributed by atoms with Crippen LogP contribution >= 0.6 is 0 Å². The summed E-state index contributed by atoms with van der Waals surface area (Å²) in [7, 11) is 0. The fourth-order valence-electron chi connectivity index (χ4n) is 3.73. The molecule has 2 aliphatic rings. The van der Waals surface area contributed by atoms with Crippen molar-refractivity contribution in [2.45, 2.75) is 40.5 Å². The van der Waals surface area contributed by atoms with Crippen LogP contribution in [0.5, 0.6) is 0 Å². The van der Waals surface area contributed by atoms with Crippen molar-refractivity contribution in [3.63, 3.8) is 0 Å². The zero-order valence-electron chi connectivity index (χ0n) is 12.2. The highest BCUT2D eigenvalue weighted by atomic mass is 15.2. The Kier molecular flexibility index (Phi) is 4.14. The Hall–Kier alpha value is -0.0800. The molecule has 0 N–H and O–H groups in total. The topological polar surface area (TPSA) is 6.48 Å². The molecular formula is C15H30N2. The second-order valence-electron chi connectivity index (χ2n) is 7.26. The van der Waals surface area contributed by atoms with E-state index in [2.05, 4.69) is 37.5 Å². The van der Waals surface area contributed by atoms with E-state index >= 15 is 0 Å². The average Bonchev–Trinajstić information content (AvgIpc) is 2.74. The summed E-state index contributed by atoms with van der Waals surface area (Å²) in [4.78, 5) is 5.40. The lowest BCUT2D eigenvalue weighted by atomic mass is 9.86. The van der Waals surface area contributed by atoms with Crippen molar-refractivity contribution in [3.8, 4) is 0 Å². The summed E-state index contributed by atoms with van der Waals surface area (Å²) in [6, 6.07) is 0. The normalized spacial score (nSPS) is 25.8. The summed E-state index contributed by atoms with van der Waals surface area (Å²) in [6.07, 6.45) is 2.88. The molecule has 2 aliphatic heterocycles. The molecule has 17 heavy (non-hydrogen) atoms. The molecule has 0 atom stereocenters. The summed E-state index contributed by atoms with van der Waals surface area (Å²) < 4.78 is 0. The third kappa shape index (κ3) is 3.45. The Morgan fingerprint density at radius 2 is 1.24 bits per heavy atom. The summed E-state index contributed by atoms with van der Waals surface area (Å²) in [5.74, 6) is 1.64. The summed E-state index contributed by atoms with van der Waals surface area (Å²) in [6.45, 7) is 17.4. The molecule has 0 bridgehead atoms. The van der Waals surface area contributed by atoms with E-state index in [-0.39, 0.29) is 0 Å². The zero-order chi connectivity index (χ0) is 12.5. The number of likely N-dealkylation sites (tertiary alicyclic amines) is 2. The quantitative estimate of drug-likeness (QED) is 0.743. The monoisotopic (exact) mass is 238 g/mol. The van der Waals surface area contributed by atoms with Gasteiger partial charge in [0, 0.05) is 26.2 Å². The van der Waals surface area contributed by atoms with Crippen LogP contribution in [-0.2, 0) is 0 Å². The van der Waals surface area contributed by atoms with Crippen molar-refractivity contribution in [2.24, 2.45) is 17.3 Å². The SMILES string of the molecule is CC(C)CN1CCC2(CCN(CC(C)C)C2)C1. The smallest absolute Gasteiger partial charge is 0.00513 e. The Bertz CT molecular complexity index is 221. The first-order chi connectivity index (χ1) is 7.99. The maximum Gasteiger partial charge on any atom is 0.00513 e. The molecule has 0 aromatic carbocycles. The van der Waals surface area contributed by atoms with Crippen LogP contribution in [0.25, 0.3) is 0 Å². The largest absolute Gasteiger partial charge is 0.302 e. The van der Waals surface area contributed by atoms with E-state index in [0.29, 0.717) is 5.41 Å². The van der Waals surface area contributed by atoms with Crippen LogP contribution in [-0.4, -0.2) is 49.1 Å². The van der Waals surface area contributed by atoms with Gasteiger partial charge in [-0.15, -0.1) is 0 Å². The molecule has 0 amide bonds. The van der Waals surface area contributed by atoms with Crippen LogP contribution in [0.4, 0.5) is 0 Å². The zero-order valence-corrected chi connectivity index (χ0v) is 12.2. The van der Waals surface area contributed by atoms with Gasteiger partial charge in [-0.25, -0.2) is 0 Å². The van der Waals surface area contributed by atoms with E-state index in [1.165, 1.54) is 52.1 Å². The third-order valence-electron chi connectivity index (χ3n) is 4.28. The third-order valence-corrected chi connectivity index (χ3v) is 4.28. The lowest BCUT2D eigenvalue weighted by Gasteiger charge is -2.26. The minimum Gasteiger partial charge on any atom is -0.302 e. The van der Waals surface area contributed by atoms with E-state index in [1.807, 2.05) is 0 Å². The van der Waals surface area contributed by atoms with Gasteiger partial charge in [-0.05, 0) is 43.2 Å². The Morgan fingerprint density at radius 1 is 0.824 bits per heavy atom. The first-order valence-corrected chi connectivity index (χ1v) is 7.44. The van der Waals surface area contributed by atoms with Gasteiger partial charge < -0.3 is 9.80 Å². The molecule has 100 valence electrons. The van der Waals surface area contributed by atoms with Gasteiger partial charge in [-0.1, -0.05) is 27.7 Å². The van der Waals surface area contributed by atoms with Crippen molar-refractivity contribution in [1.29, 1.82) is 0 Å². The second-order valence-corrected chi connectivity index (χ2v) is 7.26. The predicted molar refractivity (Wildman–Crippen MR) is 74.2 cm³/mol. The van der Waals surface area contributed by atoms with Crippen molar-refractivity contribution in [1.82, 2.24) is 9.80 Å².